The summed E-state index contributed by atoms with van der Waals surface area (Å²) in [6.45, 7) is 0. The first-order chi connectivity index (χ1) is 10.8. The first kappa shape index (κ1) is 14.0. The highest BCUT2D eigenvalue weighted by molar-refractivity contribution is 5.90. The van der Waals surface area contributed by atoms with Crippen LogP contribution < -0.4 is 5.32 Å². The van der Waals surface area contributed by atoms with E-state index in [0.29, 0.717) is 5.92 Å². The zero-order valence-electron chi connectivity index (χ0n) is 13.0. The average Bonchev–Trinajstić information content (AvgIpc) is 2.56. The monoisotopic (exact) mass is 296 g/mol. The number of aliphatic hydroxyl groups is 1. The quantitative estimate of drug-likeness (QED) is 0.876. The van der Waals surface area contributed by atoms with Gasteiger partial charge in [0.15, 0.2) is 0 Å². The van der Waals surface area contributed by atoms with Gasteiger partial charge in [0.2, 0.25) is 0 Å². The number of nitrogens with zero attached hydrogens (tertiary/aromatic N) is 1. The Hall–Kier alpha value is -1.61. The van der Waals surface area contributed by atoms with Gasteiger partial charge in [0, 0.05) is 11.6 Å². The maximum Gasteiger partial charge on any atom is 0.0933 e. The molecular formula is C19H24N2O. The van der Waals surface area contributed by atoms with Crippen molar-refractivity contribution in [1.82, 2.24) is 4.98 Å². The van der Waals surface area contributed by atoms with Crippen molar-refractivity contribution in [2.24, 2.45) is 5.92 Å². The van der Waals surface area contributed by atoms with Gasteiger partial charge in [0.25, 0.3) is 0 Å². The number of hydrogen-bond donors (Lipinski definition) is 2. The Balaban J connectivity index is 1.66. The number of benzene rings is 1. The lowest BCUT2D eigenvalue weighted by Crippen LogP contribution is -2.56. The zero-order chi connectivity index (χ0) is 15.0. The standard InChI is InChI=1S/C19H24N2O/c22-19-12-2-1-8-15(19)9-4-11-17(19)21-16-10-3-6-14-7-5-13-20-18(14)16/h3,5-7,10,13,15,17,21-22H,1-2,4,8-9,11-12H2/t15-,17+,19-/m1/s1. The van der Waals surface area contributed by atoms with Crippen molar-refractivity contribution in [1.29, 1.82) is 0 Å². The Labute approximate surface area is 131 Å². The van der Waals surface area contributed by atoms with E-state index in [0.717, 1.165) is 35.9 Å². The van der Waals surface area contributed by atoms with Gasteiger partial charge in [-0.25, -0.2) is 0 Å². The summed E-state index contributed by atoms with van der Waals surface area (Å²) in [5.41, 5.74) is 1.53. The molecule has 0 aliphatic heterocycles. The number of aromatic nitrogens is 1. The van der Waals surface area contributed by atoms with Crippen molar-refractivity contribution in [3.8, 4) is 0 Å². The molecule has 4 rings (SSSR count). The number of pyridine rings is 1. The third kappa shape index (κ3) is 2.28. The minimum atomic E-state index is -0.534. The van der Waals surface area contributed by atoms with Gasteiger partial charge >= 0.3 is 0 Å². The Kier molecular flexibility index (Phi) is 3.53. The molecule has 2 aromatic rings. The van der Waals surface area contributed by atoms with E-state index in [2.05, 4.69) is 34.6 Å². The zero-order valence-corrected chi connectivity index (χ0v) is 13.0. The van der Waals surface area contributed by atoms with Gasteiger partial charge in [-0.05, 0) is 43.7 Å². The van der Waals surface area contributed by atoms with Gasteiger partial charge in [0.1, 0.15) is 0 Å². The first-order valence-electron chi connectivity index (χ1n) is 8.60. The molecule has 2 aliphatic carbocycles. The molecule has 0 radical (unpaired) electrons. The Morgan fingerprint density at radius 2 is 1.91 bits per heavy atom. The lowest BCUT2D eigenvalue weighted by Gasteiger charge is -2.49. The molecule has 2 aliphatic rings. The predicted octanol–water partition coefficient (Wildman–Crippen LogP) is 4.12. The molecule has 0 spiro atoms. The molecule has 0 bridgehead atoms. The second-order valence-electron chi connectivity index (χ2n) is 6.94. The van der Waals surface area contributed by atoms with E-state index in [1.54, 1.807) is 0 Å². The van der Waals surface area contributed by atoms with Crippen molar-refractivity contribution in [2.75, 3.05) is 5.32 Å². The van der Waals surface area contributed by atoms with Crippen LogP contribution in [0.4, 0.5) is 5.69 Å². The van der Waals surface area contributed by atoms with Crippen LogP contribution in [0.5, 0.6) is 0 Å². The fourth-order valence-corrected chi connectivity index (χ4v) is 4.53. The van der Waals surface area contributed by atoms with Crippen molar-refractivity contribution in [3.63, 3.8) is 0 Å². The number of nitrogens with one attached hydrogen (secondary N) is 1. The number of para-hydroxylation sites is 1. The molecule has 2 fully saturated rings. The maximum atomic E-state index is 11.3. The topological polar surface area (TPSA) is 45.1 Å². The SMILES string of the molecule is O[C@]12CCCC[C@@H]1CCC[C@@H]2Nc1cccc2cccnc12. The molecule has 1 heterocycles. The summed E-state index contributed by atoms with van der Waals surface area (Å²) in [7, 11) is 0. The summed E-state index contributed by atoms with van der Waals surface area (Å²) >= 11 is 0. The lowest BCUT2D eigenvalue weighted by molar-refractivity contribution is -0.0835. The highest BCUT2D eigenvalue weighted by Gasteiger charge is 2.47. The molecule has 3 heteroatoms. The number of fused-ring (bicyclic) bond motifs is 2. The molecule has 1 aromatic heterocycles. The summed E-state index contributed by atoms with van der Waals surface area (Å²) in [5, 5.41) is 16.1. The molecule has 3 atom stereocenters. The van der Waals surface area contributed by atoms with Crippen LogP contribution in [0.15, 0.2) is 36.5 Å². The largest absolute Gasteiger partial charge is 0.387 e. The molecule has 0 saturated heterocycles. The van der Waals surface area contributed by atoms with Crippen LogP contribution in [0.1, 0.15) is 44.9 Å². The summed E-state index contributed by atoms with van der Waals surface area (Å²) in [6.07, 6.45) is 9.83. The number of hydrogen-bond acceptors (Lipinski definition) is 3. The second kappa shape index (κ2) is 5.54. The van der Waals surface area contributed by atoms with E-state index >= 15 is 0 Å². The molecular weight excluding hydrogens is 272 g/mol. The van der Waals surface area contributed by atoms with Gasteiger partial charge in [-0.15, -0.1) is 0 Å². The third-order valence-electron chi connectivity index (χ3n) is 5.70. The van der Waals surface area contributed by atoms with Gasteiger partial charge in [-0.1, -0.05) is 37.5 Å². The van der Waals surface area contributed by atoms with Gasteiger partial charge < -0.3 is 10.4 Å². The van der Waals surface area contributed by atoms with Crippen LogP contribution >= 0.6 is 0 Å². The van der Waals surface area contributed by atoms with E-state index in [9.17, 15) is 5.11 Å². The van der Waals surface area contributed by atoms with E-state index in [4.69, 9.17) is 0 Å². The predicted molar refractivity (Wildman–Crippen MR) is 89.9 cm³/mol. The summed E-state index contributed by atoms with van der Waals surface area (Å²) in [5.74, 6) is 0.468. The number of rotatable bonds is 2. The summed E-state index contributed by atoms with van der Waals surface area (Å²) in [4.78, 5) is 4.53. The van der Waals surface area contributed by atoms with Crippen LogP contribution in [0.2, 0.25) is 0 Å². The fraction of sp³-hybridized carbons (Fsp3) is 0.526. The van der Waals surface area contributed by atoms with Gasteiger partial charge in [0.05, 0.1) is 22.8 Å². The van der Waals surface area contributed by atoms with Crippen LogP contribution in [0.25, 0.3) is 10.9 Å². The lowest BCUT2D eigenvalue weighted by atomic mass is 9.65. The third-order valence-corrected chi connectivity index (χ3v) is 5.70. The van der Waals surface area contributed by atoms with Crippen molar-refractivity contribution < 1.29 is 5.11 Å². The Morgan fingerprint density at radius 3 is 2.86 bits per heavy atom. The second-order valence-corrected chi connectivity index (χ2v) is 6.94. The van der Waals surface area contributed by atoms with Crippen molar-refractivity contribution in [3.05, 3.63) is 36.5 Å². The van der Waals surface area contributed by atoms with Gasteiger partial charge in [-0.3, -0.25) is 4.98 Å². The minimum absolute atomic E-state index is 0.152. The molecule has 2 N–H and O–H groups in total. The summed E-state index contributed by atoms with van der Waals surface area (Å²) < 4.78 is 0. The van der Waals surface area contributed by atoms with Crippen molar-refractivity contribution >= 4 is 16.6 Å². The molecule has 0 unspecified atom stereocenters. The molecule has 2 saturated carbocycles. The smallest absolute Gasteiger partial charge is 0.0933 e. The first-order valence-corrected chi connectivity index (χ1v) is 8.60. The number of anilines is 1. The van der Waals surface area contributed by atoms with Gasteiger partial charge in [-0.2, -0.15) is 0 Å². The molecule has 1 aromatic carbocycles. The molecule has 116 valence electrons. The fourth-order valence-electron chi connectivity index (χ4n) is 4.53. The molecule has 3 nitrogen and oxygen atoms in total. The van der Waals surface area contributed by atoms with Crippen LogP contribution in [0, 0.1) is 5.92 Å². The van der Waals surface area contributed by atoms with Crippen LogP contribution in [-0.2, 0) is 0 Å². The highest BCUT2D eigenvalue weighted by Crippen LogP contribution is 2.45. The normalized spacial score (nSPS) is 31.7. The van der Waals surface area contributed by atoms with E-state index < -0.39 is 5.60 Å². The maximum absolute atomic E-state index is 11.3. The van der Waals surface area contributed by atoms with Crippen molar-refractivity contribution in [2.45, 2.75) is 56.6 Å². The Bertz CT molecular complexity index is 664. The van der Waals surface area contributed by atoms with Crippen LogP contribution in [-0.4, -0.2) is 21.7 Å². The minimum Gasteiger partial charge on any atom is -0.387 e. The van der Waals surface area contributed by atoms with E-state index in [1.165, 1.54) is 25.7 Å². The Morgan fingerprint density at radius 1 is 1.05 bits per heavy atom. The van der Waals surface area contributed by atoms with E-state index in [-0.39, 0.29) is 6.04 Å². The molecule has 22 heavy (non-hydrogen) atoms. The summed E-state index contributed by atoms with van der Waals surface area (Å²) in [6, 6.07) is 10.5. The average molecular weight is 296 g/mol. The van der Waals surface area contributed by atoms with E-state index in [1.807, 2.05) is 12.3 Å². The highest BCUT2D eigenvalue weighted by atomic mass is 16.3. The van der Waals surface area contributed by atoms with Crippen LogP contribution in [0.3, 0.4) is 0 Å². The molecule has 0 amide bonds.